The summed E-state index contributed by atoms with van der Waals surface area (Å²) in [5, 5.41) is 0. The molecule has 1 aliphatic heterocycles. The lowest BCUT2D eigenvalue weighted by molar-refractivity contribution is -0.120. The topological polar surface area (TPSA) is 58.4 Å². The summed E-state index contributed by atoms with van der Waals surface area (Å²) < 4.78 is 0. The van der Waals surface area contributed by atoms with Gasteiger partial charge in [-0.1, -0.05) is 37.6 Å². The molecule has 3 N–H and O–H groups in total. The van der Waals surface area contributed by atoms with Gasteiger partial charge in [-0.2, -0.15) is 0 Å². The molecule has 1 aromatic carbocycles. The largest absolute Gasteiger partial charge is 0.299 e. The maximum absolute atomic E-state index is 11.2. The molecule has 20 heavy (non-hydrogen) atoms. The van der Waals surface area contributed by atoms with Gasteiger partial charge in [-0.3, -0.25) is 15.1 Å². The predicted molar refractivity (Wildman–Crippen MR) is 80.8 cm³/mol. The van der Waals surface area contributed by atoms with Crippen LogP contribution in [0.1, 0.15) is 37.3 Å². The molecule has 1 heterocycles. The van der Waals surface area contributed by atoms with Gasteiger partial charge in [-0.05, 0) is 36.4 Å². The van der Waals surface area contributed by atoms with Gasteiger partial charge >= 0.3 is 0 Å². The van der Waals surface area contributed by atoms with Gasteiger partial charge in [0.05, 0.1) is 6.42 Å². The lowest BCUT2D eigenvalue weighted by atomic mass is 9.95. The first-order valence-corrected chi connectivity index (χ1v) is 7.51. The summed E-state index contributed by atoms with van der Waals surface area (Å²) in [6.45, 7) is 5.72. The maximum Gasteiger partial charge on any atom is 0.238 e. The van der Waals surface area contributed by atoms with E-state index in [4.69, 9.17) is 5.84 Å². The molecule has 4 heteroatoms. The molecule has 1 aliphatic rings. The summed E-state index contributed by atoms with van der Waals surface area (Å²) in [7, 11) is 0. The molecule has 0 saturated carbocycles. The zero-order valence-corrected chi connectivity index (χ0v) is 12.3. The van der Waals surface area contributed by atoms with Gasteiger partial charge in [0, 0.05) is 13.1 Å². The van der Waals surface area contributed by atoms with Gasteiger partial charge in [0.1, 0.15) is 0 Å². The molecule has 4 nitrogen and oxygen atoms in total. The van der Waals surface area contributed by atoms with Crippen LogP contribution in [0.3, 0.4) is 0 Å². The van der Waals surface area contributed by atoms with E-state index in [2.05, 4.69) is 29.4 Å². The zero-order valence-electron chi connectivity index (χ0n) is 12.3. The van der Waals surface area contributed by atoms with E-state index in [1.807, 2.05) is 12.1 Å². The Bertz CT molecular complexity index is 430. The van der Waals surface area contributed by atoms with E-state index in [1.54, 1.807) is 0 Å². The average molecular weight is 275 g/mol. The Morgan fingerprint density at radius 2 is 2.05 bits per heavy atom. The minimum atomic E-state index is -0.153. The summed E-state index contributed by atoms with van der Waals surface area (Å²) in [6, 6.07) is 8.28. The lowest BCUT2D eigenvalue weighted by Crippen LogP contribution is -2.34. The van der Waals surface area contributed by atoms with E-state index in [0.717, 1.165) is 18.0 Å². The molecular formula is C16H25N3O. The zero-order chi connectivity index (χ0) is 14.4. The van der Waals surface area contributed by atoms with Crippen molar-refractivity contribution in [3.63, 3.8) is 0 Å². The number of carbonyl (C=O) groups excluding carboxylic acids is 1. The molecule has 1 atom stereocenters. The molecule has 0 aromatic heterocycles. The normalized spacial score (nSPS) is 19.8. The highest BCUT2D eigenvalue weighted by Crippen LogP contribution is 2.20. The van der Waals surface area contributed by atoms with Crippen molar-refractivity contribution in [2.75, 3.05) is 13.1 Å². The standard InChI is InChI=1S/C16H25N3O/c1-2-13-4-3-9-19(11-13)12-15-7-5-14(6-8-15)10-16(20)18-17/h5-8,13H,2-4,9-12,17H2,1H3,(H,18,20). The average Bonchev–Trinajstić information content (AvgIpc) is 2.49. The van der Waals surface area contributed by atoms with E-state index in [1.165, 1.54) is 37.9 Å². The summed E-state index contributed by atoms with van der Waals surface area (Å²) in [6.07, 6.45) is 4.31. The minimum absolute atomic E-state index is 0.153. The van der Waals surface area contributed by atoms with Crippen molar-refractivity contribution in [1.29, 1.82) is 0 Å². The number of nitrogens with two attached hydrogens (primary N) is 1. The second-order valence-electron chi connectivity index (χ2n) is 5.71. The number of nitrogens with one attached hydrogen (secondary N) is 1. The van der Waals surface area contributed by atoms with Crippen LogP contribution in [-0.4, -0.2) is 23.9 Å². The van der Waals surface area contributed by atoms with Gasteiger partial charge in [0.15, 0.2) is 0 Å². The first kappa shape index (κ1) is 15.0. The Kier molecular flexibility index (Phi) is 5.56. The fraction of sp³-hybridized carbons (Fsp3) is 0.562. The molecule has 110 valence electrons. The van der Waals surface area contributed by atoms with Gasteiger partial charge in [0.25, 0.3) is 0 Å². The minimum Gasteiger partial charge on any atom is -0.299 e. The van der Waals surface area contributed by atoms with Crippen LogP contribution in [0.5, 0.6) is 0 Å². The van der Waals surface area contributed by atoms with E-state index in [9.17, 15) is 4.79 Å². The van der Waals surface area contributed by atoms with E-state index in [-0.39, 0.29) is 5.91 Å². The summed E-state index contributed by atoms with van der Waals surface area (Å²) in [5.41, 5.74) is 4.48. The monoisotopic (exact) mass is 275 g/mol. The molecule has 0 radical (unpaired) electrons. The Labute approximate surface area is 121 Å². The summed E-state index contributed by atoms with van der Waals surface area (Å²) in [4.78, 5) is 13.7. The smallest absolute Gasteiger partial charge is 0.238 e. The number of nitrogens with zero attached hydrogens (tertiary/aromatic N) is 1. The van der Waals surface area contributed by atoms with Crippen LogP contribution in [0.15, 0.2) is 24.3 Å². The number of piperidine rings is 1. The van der Waals surface area contributed by atoms with E-state index in [0.29, 0.717) is 6.42 Å². The number of carbonyl (C=O) groups is 1. The first-order chi connectivity index (χ1) is 9.71. The Balaban J connectivity index is 1.88. The van der Waals surface area contributed by atoms with Crippen molar-refractivity contribution >= 4 is 5.91 Å². The Morgan fingerprint density at radius 1 is 1.35 bits per heavy atom. The second kappa shape index (κ2) is 7.41. The van der Waals surface area contributed by atoms with Gasteiger partial charge in [-0.15, -0.1) is 0 Å². The molecule has 1 fully saturated rings. The SMILES string of the molecule is CCC1CCCN(Cc2ccc(CC(=O)NN)cc2)C1. The maximum atomic E-state index is 11.2. The Hall–Kier alpha value is -1.39. The number of amides is 1. The number of likely N-dealkylation sites (tertiary alicyclic amines) is 1. The Morgan fingerprint density at radius 3 is 2.70 bits per heavy atom. The molecule has 1 aromatic rings. The van der Waals surface area contributed by atoms with Crippen LogP contribution >= 0.6 is 0 Å². The van der Waals surface area contributed by atoms with Crippen LogP contribution < -0.4 is 11.3 Å². The number of benzene rings is 1. The van der Waals surface area contributed by atoms with Crippen LogP contribution in [0.25, 0.3) is 0 Å². The fourth-order valence-electron chi connectivity index (χ4n) is 2.89. The summed E-state index contributed by atoms with van der Waals surface area (Å²) >= 11 is 0. The number of hydrogen-bond acceptors (Lipinski definition) is 3. The predicted octanol–water partition coefficient (Wildman–Crippen LogP) is 1.84. The van der Waals surface area contributed by atoms with Gasteiger partial charge in [-0.25, -0.2) is 5.84 Å². The third kappa shape index (κ3) is 4.32. The second-order valence-corrected chi connectivity index (χ2v) is 5.71. The van der Waals surface area contributed by atoms with Crippen molar-refractivity contribution < 1.29 is 4.79 Å². The molecule has 1 amide bonds. The summed E-state index contributed by atoms with van der Waals surface area (Å²) in [5.74, 6) is 5.80. The van der Waals surface area contributed by atoms with E-state index >= 15 is 0 Å². The fourth-order valence-corrected chi connectivity index (χ4v) is 2.89. The number of hydrazine groups is 1. The van der Waals surface area contributed by atoms with Crippen molar-refractivity contribution in [2.24, 2.45) is 11.8 Å². The molecule has 1 unspecified atom stereocenters. The third-order valence-electron chi connectivity index (χ3n) is 4.14. The molecule has 0 spiro atoms. The quantitative estimate of drug-likeness (QED) is 0.490. The van der Waals surface area contributed by atoms with Crippen LogP contribution in [-0.2, 0) is 17.8 Å². The molecule has 2 rings (SSSR count). The lowest BCUT2D eigenvalue weighted by Gasteiger charge is -2.32. The van der Waals surface area contributed by atoms with Crippen LogP contribution in [0.4, 0.5) is 0 Å². The van der Waals surface area contributed by atoms with E-state index < -0.39 is 0 Å². The van der Waals surface area contributed by atoms with Crippen LogP contribution in [0.2, 0.25) is 0 Å². The molecule has 1 saturated heterocycles. The highest BCUT2D eigenvalue weighted by molar-refractivity contribution is 5.77. The van der Waals surface area contributed by atoms with Crippen molar-refractivity contribution in [3.05, 3.63) is 35.4 Å². The first-order valence-electron chi connectivity index (χ1n) is 7.51. The van der Waals surface area contributed by atoms with Crippen molar-refractivity contribution in [1.82, 2.24) is 10.3 Å². The number of rotatable bonds is 5. The molecule has 0 aliphatic carbocycles. The van der Waals surface area contributed by atoms with Crippen LogP contribution in [0, 0.1) is 5.92 Å². The third-order valence-corrected chi connectivity index (χ3v) is 4.14. The van der Waals surface area contributed by atoms with Gasteiger partial charge in [0.2, 0.25) is 5.91 Å². The highest BCUT2D eigenvalue weighted by atomic mass is 16.2. The highest BCUT2D eigenvalue weighted by Gasteiger charge is 2.18. The molecule has 0 bridgehead atoms. The van der Waals surface area contributed by atoms with Gasteiger partial charge < -0.3 is 0 Å². The van der Waals surface area contributed by atoms with Crippen molar-refractivity contribution in [2.45, 2.75) is 39.2 Å². The number of hydrogen-bond donors (Lipinski definition) is 2. The van der Waals surface area contributed by atoms with Crippen molar-refractivity contribution in [3.8, 4) is 0 Å². The molecular weight excluding hydrogens is 250 g/mol.